The van der Waals surface area contributed by atoms with Crippen LogP contribution in [-0.4, -0.2) is 17.9 Å². The summed E-state index contributed by atoms with van der Waals surface area (Å²) in [5, 5.41) is 0.602. The van der Waals surface area contributed by atoms with Crippen LogP contribution >= 0.6 is 11.6 Å². The predicted octanol–water partition coefficient (Wildman–Crippen LogP) is 2.81. The SMILES string of the molecule is Cc1cc(Cl)ccc1O[C@H](C)C(=O)NNC(=O)Cc1ccccc1. The second kappa shape index (κ2) is 8.36. The molecule has 0 fully saturated rings. The Morgan fingerprint density at radius 2 is 1.83 bits per heavy atom. The van der Waals surface area contributed by atoms with Crippen LogP contribution in [0.1, 0.15) is 18.1 Å². The van der Waals surface area contributed by atoms with Gasteiger partial charge in [-0.1, -0.05) is 41.9 Å². The van der Waals surface area contributed by atoms with E-state index in [0.717, 1.165) is 11.1 Å². The van der Waals surface area contributed by atoms with E-state index in [-0.39, 0.29) is 12.3 Å². The molecule has 5 nitrogen and oxygen atoms in total. The van der Waals surface area contributed by atoms with Crippen LogP contribution in [0.2, 0.25) is 5.02 Å². The number of carbonyl (C=O) groups excluding carboxylic acids is 2. The summed E-state index contributed by atoms with van der Waals surface area (Å²) in [5.74, 6) is -0.173. The van der Waals surface area contributed by atoms with Gasteiger partial charge >= 0.3 is 0 Å². The van der Waals surface area contributed by atoms with E-state index in [9.17, 15) is 9.59 Å². The molecular weight excluding hydrogens is 328 g/mol. The minimum absolute atomic E-state index is 0.187. The monoisotopic (exact) mass is 346 g/mol. The maximum absolute atomic E-state index is 12.0. The standard InChI is InChI=1S/C18H19ClN2O3/c1-12-10-15(19)8-9-16(12)24-13(2)18(23)21-20-17(22)11-14-6-4-3-5-7-14/h3-10,13H,11H2,1-2H3,(H,20,22)(H,21,23)/t13-/m1/s1. The molecule has 2 rings (SSSR count). The Morgan fingerprint density at radius 1 is 1.12 bits per heavy atom. The lowest BCUT2D eigenvalue weighted by atomic mass is 10.1. The Balaban J connectivity index is 1.82. The highest BCUT2D eigenvalue weighted by atomic mass is 35.5. The van der Waals surface area contributed by atoms with Crippen molar-refractivity contribution in [2.75, 3.05) is 0 Å². The maximum atomic E-state index is 12.0. The number of nitrogens with one attached hydrogen (secondary N) is 2. The van der Waals surface area contributed by atoms with Crippen LogP contribution in [-0.2, 0) is 16.0 Å². The Labute approximate surface area is 145 Å². The third-order valence-corrected chi connectivity index (χ3v) is 3.58. The summed E-state index contributed by atoms with van der Waals surface area (Å²) in [6.45, 7) is 3.44. The molecule has 2 amide bonds. The molecule has 0 saturated heterocycles. The fraction of sp³-hybridized carbons (Fsp3) is 0.222. The molecule has 2 aromatic rings. The Kier molecular flexibility index (Phi) is 6.21. The molecule has 0 aliphatic rings. The van der Waals surface area contributed by atoms with Gasteiger partial charge in [-0.2, -0.15) is 0 Å². The third kappa shape index (κ3) is 5.28. The van der Waals surface area contributed by atoms with Crippen molar-refractivity contribution in [3.8, 4) is 5.75 Å². The summed E-state index contributed by atoms with van der Waals surface area (Å²) < 4.78 is 5.59. The summed E-state index contributed by atoms with van der Waals surface area (Å²) in [6, 6.07) is 14.4. The Morgan fingerprint density at radius 3 is 2.50 bits per heavy atom. The first kappa shape index (κ1) is 17.8. The van der Waals surface area contributed by atoms with Gasteiger partial charge in [-0.05, 0) is 43.2 Å². The minimum atomic E-state index is -0.762. The first-order valence-electron chi connectivity index (χ1n) is 7.51. The highest BCUT2D eigenvalue weighted by Crippen LogP contribution is 2.22. The number of hydrogen-bond acceptors (Lipinski definition) is 3. The van der Waals surface area contributed by atoms with Crippen molar-refractivity contribution in [1.82, 2.24) is 10.9 Å². The molecule has 0 heterocycles. The van der Waals surface area contributed by atoms with Crippen molar-refractivity contribution >= 4 is 23.4 Å². The van der Waals surface area contributed by atoms with E-state index in [2.05, 4.69) is 10.9 Å². The van der Waals surface area contributed by atoms with Crippen LogP contribution in [0.4, 0.5) is 0 Å². The smallest absolute Gasteiger partial charge is 0.279 e. The van der Waals surface area contributed by atoms with Gasteiger partial charge in [0.05, 0.1) is 6.42 Å². The van der Waals surface area contributed by atoms with Gasteiger partial charge in [0.1, 0.15) is 5.75 Å². The van der Waals surface area contributed by atoms with Crippen LogP contribution in [0.15, 0.2) is 48.5 Å². The minimum Gasteiger partial charge on any atom is -0.481 e. The van der Waals surface area contributed by atoms with Gasteiger partial charge in [-0.3, -0.25) is 20.4 Å². The molecule has 0 unspecified atom stereocenters. The zero-order valence-corrected chi connectivity index (χ0v) is 14.3. The molecule has 0 aliphatic heterocycles. The van der Waals surface area contributed by atoms with Gasteiger partial charge < -0.3 is 4.74 Å². The van der Waals surface area contributed by atoms with Crippen molar-refractivity contribution in [2.45, 2.75) is 26.4 Å². The van der Waals surface area contributed by atoms with Crippen molar-refractivity contribution in [1.29, 1.82) is 0 Å². The average molecular weight is 347 g/mol. The number of hydrogen-bond donors (Lipinski definition) is 2. The van der Waals surface area contributed by atoms with E-state index in [1.165, 1.54) is 0 Å². The van der Waals surface area contributed by atoms with Crippen molar-refractivity contribution in [3.05, 3.63) is 64.7 Å². The lowest BCUT2D eigenvalue weighted by molar-refractivity contribution is -0.132. The summed E-state index contributed by atoms with van der Waals surface area (Å²) in [7, 11) is 0. The van der Waals surface area contributed by atoms with Crippen LogP contribution in [0.25, 0.3) is 0 Å². The van der Waals surface area contributed by atoms with Crippen molar-refractivity contribution in [3.63, 3.8) is 0 Å². The van der Waals surface area contributed by atoms with E-state index in [0.29, 0.717) is 10.8 Å². The number of benzene rings is 2. The maximum Gasteiger partial charge on any atom is 0.279 e. The third-order valence-electron chi connectivity index (χ3n) is 3.34. The molecule has 2 aromatic carbocycles. The van der Waals surface area contributed by atoms with E-state index in [1.54, 1.807) is 25.1 Å². The molecule has 6 heteroatoms. The van der Waals surface area contributed by atoms with E-state index >= 15 is 0 Å². The van der Waals surface area contributed by atoms with E-state index in [4.69, 9.17) is 16.3 Å². The highest BCUT2D eigenvalue weighted by molar-refractivity contribution is 6.30. The fourth-order valence-corrected chi connectivity index (χ4v) is 2.27. The van der Waals surface area contributed by atoms with Gasteiger partial charge in [-0.25, -0.2) is 0 Å². The number of halogens is 1. The number of aryl methyl sites for hydroxylation is 1. The van der Waals surface area contributed by atoms with Gasteiger partial charge in [0.2, 0.25) is 5.91 Å². The molecule has 2 N–H and O–H groups in total. The molecule has 0 spiro atoms. The van der Waals surface area contributed by atoms with E-state index < -0.39 is 12.0 Å². The van der Waals surface area contributed by atoms with Crippen molar-refractivity contribution in [2.24, 2.45) is 0 Å². The normalized spacial score (nSPS) is 11.5. The molecule has 24 heavy (non-hydrogen) atoms. The fourth-order valence-electron chi connectivity index (χ4n) is 2.05. The van der Waals surface area contributed by atoms with Crippen molar-refractivity contribution < 1.29 is 14.3 Å². The molecule has 0 bridgehead atoms. The number of carbonyl (C=O) groups is 2. The number of hydrazine groups is 1. The largest absolute Gasteiger partial charge is 0.481 e. The molecular formula is C18H19ClN2O3. The highest BCUT2D eigenvalue weighted by Gasteiger charge is 2.16. The van der Waals surface area contributed by atoms with Crippen LogP contribution in [0.3, 0.4) is 0 Å². The molecule has 0 radical (unpaired) electrons. The average Bonchev–Trinajstić information content (AvgIpc) is 2.56. The lowest BCUT2D eigenvalue weighted by Gasteiger charge is -2.16. The predicted molar refractivity (Wildman–Crippen MR) is 92.7 cm³/mol. The van der Waals surface area contributed by atoms with E-state index in [1.807, 2.05) is 37.3 Å². The van der Waals surface area contributed by atoms with Crippen LogP contribution in [0.5, 0.6) is 5.75 Å². The summed E-state index contributed by atoms with van der Waals surface area (Å²) in [5.41, 5.74) is 6.44. The zero-order chi connectivity index (χ0) is 17.5. The van der Waals surface area contributed by atoms with Gasteiger partial charge in [0.15, 0.2) is 6.10 Å². The summed E-state index contributed by atoms with van der Waals surface area (Å²) in [4.78, 5) is 23.8. The first-order chi connectivity index (χ1) is 11.5. The number of rotatable bonds is 5. The molecule has 1 atom stereocenters. The quantitative estimate of drug-likeness (QED) is 0.818. The van der Waals surface area contributed by atoms with Crippen LogP contribution in [0, 0.1) is 6.92 Å². The Bertz CT molecular complexity index is 719. The first-order valence-corrected chi connectivity index (χ1v) is 7.89. The molecule has 0 saturated carbocycles. The van der Waals surface area contributed by atoms with Gasteiger partial charge in [0.25, 0.3) is 5.91 Å². The molecule has 0 aliphatic carbocycles. The zero-order valence-electron chi connectivity index (χ0n) is 13.5. The second-order valence-corrected chi connectivity index (χ2v) is 5.81. The number of amides is 2. The molecule has 126 valence electrons. The lowest BCUT2D eigenvalue weighted by Crippen LogP contribution is -2.47. The molecule has 0 aromatic heterocycles. The summed E-state index contributed by atoms with van der Waals surface area (Å²) in [6.07, 6.45) is -0.575. The second-order valence-electron chi connectivity index (χ2n) is 5.37. The van der Waals surface area contributed by atoms with Gasteiger partial charge in [0, 0.05) is 5.02 Å². The topological polar surface area (TPSA) is 67.4 Å². The summed E-state index contributed by atoms with van der Waals surface area (Å²) >= 11 is 5.88. The number of ether oxygens (including phenoxy) is 1. The Hall–Kier alpha value is -2.53. The van der Waals surface area contributed by atoms with Crippen LogP contribution < -0.4 is 15.6 Å². The van der Waals surface area contributed by atoms with Gasteiger partial charge in [-0.15, -0.1) is 0 Å².